The molecule has 0 saturated carbocycles. The van der Waals surface area contributed by atoms with E-state index in [1.165, 1.54) is 12.0 Å². The molecule has 2 aliphatic rings. The summed E-state index contributed by atoms with van der Waals surface area (Å²) < 4.78 is 5.40. The van der Waals surface area contributed by atoms with Crippen molar-refractivity contribution in [1.82, 2.24) is 14.9 Å². The van der Waals surface area contributed by atoms with Gasteiger partial charge in [0.05, 0.1) is 13.2 Å². The van der Waals surface area contributed by atoms with Crippen molar-refractivity contribution in [1.29, 1.82) is 0 Å². The summed E-state index contributed by atoms with van der Waals surface area (Å²) in [5, 5.41) is 0. The number of morpholine rings is 1. The van der Waals surface area contributed by atoms with Crippen molar-refractivity contribution in [3.63, 3.8) is 0 Å². The summed E-state index contributed by atoms with van der Waals surface area (Å²) in [6, 6.07) is 8.56. The molecule has 0 radical (unpaired) electrons. The highest BCUT2D eigenvalue weighted by Crippen LogP contribution is 2.29. The Morgan fingerprint density at radius 2 is 2.00 bits per heavy atom. The number of nitrogens with zero attached hydrogens (tertiary/aromatic N) is 4. The van der Waals surface area contributed by atoms with Gasteiger partial charge < -0.3 is 14.5 Å². The molecule has 2 aromatic rings. The van der Waals surface area contributed by atoms with Crippen molar-refractivity contribution in [3.05, 3.63) is 41.6 Å². The maximum atomic E-state index is 13.2. The van der Waals surface area contributed by atoms with Gasteiger partial charge in [0.1, 0.15) is 11.4 Å². The van der Waals surface area contributed by atoms with Crippen molar-refractivity contribution in [2.45, 2.75) is 39.2 Å². The Balaban J connectivity index is 1.75. The van der Waals surface area contributed by atoms with Crippen LogP contribution in [-0.4, -0.2) is 59.7 Å². The number of carbonyl (C=O) groups is 1. The zero-order valence-electron chi connectivity index (χ0n) is 16.7. The SMILES string of the molecule is Cc1cccc(-c2ncc(C(=O)N3CCOCC3)c(N3CCCCC3C)n2)c1. The van der Waals surface area contributed by atoms with E-state index < -0.39 is 0 Å². The van der Waals surface area contributed by atoms with Gasteiger partial charge in [-0.1, -0.05) is 23.8 Å². The molecule has 3 heterocycles. The first kappa shape index (κ1) is 18.9. The Hall–Kier alpha value is -2.47. The third-order valence-corrected chi connectivity index (χ3v) is 5.65. The lowest BCUT2D eigenvalue weighted by molar-refractivity contribution is 0.0302. The van der Waals surface area contributed by atoms with Crippen LogP contribution in [0.4, 0.5) is 5.82 Å². The second kappa shape index (κ2) is 8.27. The summed E-state index contributed by atoms with van der Waals surface area (Å²) in [6.45, 7) is 7.62. The lowest BCUT2D eigenvalue weighted by atomic mass is 10.0. The molecule has 1 atom stereocenters. The Morgan fingerprint density at radius 1 is 1.18 bits per heavy atom. The van der Waals surface area contributed by atoms with E-state index in [0.717, 1.165) is 30.8 Å². The van der Waals surface area contributed by atoms with Gasteiger partial charge in [-0.15, -0.1) is 0 Å². The highest BCUT2D eigenvalue weighted by atomic mass is 16.5. The van der Waals surface area contributed by atoms with E-state index in [1.807, 2.05) is 17.0 Å². The molecule has 0 N–H and O–H groups in total. The molecule has 1 aromatic heterocycles. The molecular weight excluding hydrogens is 352 g/mol. The van der Waals surface area contributed by atoms with Gasteiger partial charge in [0.2, 0.25) is 0 Å². The molecule has 0 bridgehead atoms. The number of rotatable bonds is 3. The molecule has 2 aliphatic heterocycles. The third-order valence-electron chi connectivity index (χ3n) is 5.65. The first-order chi connectivity index (χ1) is 13.6. The predicted octanol–water partition coefficient (Wildman–Crippen LogP) is 3.30. The van der Waals surface area contributed by atoms with Gasteiger partial charge in [-0.3, -0.25) is 4.79 Å². The van der Waals surface area contributed by atoms with Gasteiger partial charge in [0.25, 0.3) is 5.91 Å². The molecule has 1 unspecified atom stereocenters. The van der Waals surface area contributed by atoms with Crippen molar-refractivity contribution in [2.24, 2.45) is 0 Å². The molecule has 148 valence electrons. The van der Waals surface area contributed by atoms with Crippen molar-refractivity contribution < 1.29 is 9.53 Å². The van der Waals surface area contributed by atoms with Gasteiger partial charge in [-0.2, -0.15) is 0 Å². The van der Waals surface area contributed by atoms with Gasteiger partial charge in [-0.25, -0.2) is 9.97 Å². The minimum atomic E-state index is 0.00636. The van der Waals surface area contributed by atoms with E-state index in [0.29, 0.717) is 43.7 Å². The topological polar surface area (TPSA) is 58.6 Å². The van der Waals surface area contributed by atoms with E-state index in [1.54, 1.807) is 6.20 Å². The zero-order chi connectivity index (χ0) is 19.5. The molecule has 4 rings (SSSR count). The highest BCUT2D eigenvalue weighted by molar-refractivity contribution is 5.99. The number of ether oxygens (including phenoxy) is 1. The van der Waals surface area contributed by atoms with Gasteiger partial charge >= 0.3 is 0 Å². The van der Waals surface area contributed by atoms with Crippen LogP contribution < -0.4 is 4.90 Å². The van der Waals surface area contributed by atoms with Crippen LogP contribution in [-0.2, 0) is 4.74 Å². The number of anilines is 1. The summed E-state index contributed by atoms with van der Waals surface area (Å²) in [4.78, 5) is 26.9. The molecule has 1 aromatic carbocycles. The molecule has 0 spiro atoms. The first-order valence-corrected chi connectivity index (χ1v) is 10.2. The van der Waals surface area contributed by atoms with Crippen LogP contribution in [0.5, 0.6) is 0 Å². The number of aryl methyl sites for hydroxylation is 1. The fourth-order valence-electron chi connectivity index (χ4n) is 4.02. The summed E-state index contributed by atoms with van der Waals surface area (Å²) in [7, 11) is 0. The van der Waals surface area contributed by atoms with Crippen LogP contribution >= 0.6 is 0 Å². The fraction of sp³-hybridized carbons (Fsp3) is 0.500. The Morgan fingerprint density at radius 3 is 2.75 bits per heavy atom. The van der Waals surface area contributed by atoms with E-state index in [9.17, 15) is 4.79 Å². The summed E-state index contributed by atoms with van der Waals surface area (Å²) in [5.74, 6) is 1.46. The highest BCUT2D eigenvalue weighted by Gasteiger charge is 2.28. The zero-order valence-corrected chi connectivity index (χ0v) is 16.7. The number of piperidine rings is 1. The average Bonchev–Trinajstić information content (AvgIpc) is 2.74. The number of aromatic nitrogens is 2. The minimum Gasteiger partial charge on any atom is -0.378 e. The standard InChI is InChI=1S/C22H28N4O2/c1-16-6-5-8-18(14-16)20-23-15-19(22(27)25-10-12-28-13-11-25)21(24-20)26-9-4-3-7-17(26)2/h5-6,8,14-15,17H,3-4,7,9-13H2,1-2H3. The van der Waals surface area contributed by atoms with Crippen LogP contribution in [0.3, 0.4) is 0 Å². The van der Waals surface area contributed by atoms with Crippen molar-refractivity contribution >= 4 is 11.7 Å². The predicted molar refractivity (Wildman–Crippen MR) is 110 cm³/mol. The Bertz CT molecular complexity index is 848. The summed E-state index contributed by atoms with van der Waals surface area (Å²) >= 11 is 0. The maximum Gasteiger partial charge on any atom is 0.259 e. The monoisotopic (exact) mass is 380 g/mol. The molecule has 2 saturated heterocycles. The van der Waals surface area contributed by atoms with E-state index in [4.69, 9.17) is 9.72 Å². The number of hydrogen-bond acceptors (Lipinski definition) is 5. The summed E-state index contributed by atoms with van der Waals surface area (Å²) in [6.07, 6.45) is 5.19. The second-order valence-corrected chi connectivity index (χ2v) is 7.74. The van der Waals surface area contributed by atoms with Crippen molar-refractivity contribution in [2.75, 3.05) is 37.7 Å². The van der Waals surface area contributed by atoms with E-state index in [-0.39, 0.29) is 5.91 Å². The molecule has 6 nitrogen and oxygen atoms in total. The quantitative estimate of drug-likeness (QED) is 0.818. The van der Waals surface area contributed by atoms with Crippen molar-refractivity contribution in [3.8, 4) is 11.4 Å². The van der Waals surface area contributed by atoms with Gasteiger partial charge in [0.15, 0.2) is 5.82 Å². The Labute approximate surface area is 166 Å². The average molecular weight is 380 g/mol. The normalized spacial score (nSPS) is 20.3. The molecule has 28 heavy (non-hydrogen) atoms. The maximum absolute atomic E-state index is 13.2. The van der Waals surface area contributed by atoms with E-state index >= 15 is 0 Å². The molecule has 0 aliphatic carbocycles. The molecule has 2 fully saturated rings. The summed E-state index contributed by atoms with van der Waals surface area (Å²) in [5.41, 5.74) is 2.76. The lowest BCUT2D eigenvalue weighted by Gasteiger charge is -2.36. The molecule has 1 amide bonds. The van der Waals surface area contributed by atoms with Crippen LogP contribution in [0.15, 0.2) is 30.5 Å². The van der Waals surface area contributed by atoms with Gasteiger partial charge in [-0.05, 0) is 39.2 Å². The van der Waals surface area contributed by atoms with Crippen LogP contribution in [0.2, 0.25) is 0 Å². The number of hydrogen-bond donors (Lipinski definition) is 0. The second-order valence-electron chi connectivity index (χ2n) is 7.74. The first-order valence-electron chi connectivity index (χ1n) is 10.2. The molecule has 6 heteroatoms. The number of amides is 1. The van der Waals surface area contributed by atoms with Gasteiger partial charge in [0, 0.05) is 37.4 Å². The lowest BCUT2D eigenvalue weighted by Crippen LogP contribution is -2.43. The minimum absolute atomic E-state index is 0.00636. The van der Waals surface area contributed by atoms with Crippen LogP contribution in [0.25, 0.3) is 11.4 Å². The Kier molecular flexibility index (Phi) is 5.57. The fourth-order valence-corrected chi connectivity index (χ4v) is 4.02. The molecular formula is C22H28N4O2. The largest absolute Gasteiger partial charge is 0.378 e. The number of benzene rings is 1. The number of carbonyl (C=O) groups excluding carboxylic acids is 1. The van der Waals surface area contributed by atoms with Crippen LogP contribution in [0.1, 0.15) is 42.1 Å². The smallest absolute Gasteiger partial charge is 0.259 e. The van der Waals surface area contributed by atoms with Crippen LogP contribution in [0, 0.1) is 6.92 Å². The van der Waals surface area contributed by atoms with E-state index in [2.05, 4.69) is 35.9 Å². The third kappa shape index (κ3) is 3.87.